The number of nitrogens with zero attached hydrogens (tertiary/aromatic N) is 1. The number of carbonyl (C=O) groups is 1. The lowest BCUT2D eigenvalue weighted by atomic mass is 10.1. The fraction of sp³-hybridized carbons (Fsp3) is 0.500. The van der Waals surface area contributed by atoms with E-state index >= 15 is 0 Å². The van der Waals surface area contributed by atoms with E-state index in [0.29, 0.717) is 0 Å². The molecule has 0 radical (unpaired) electrons. The Labute approximate surface area is 103 Å². The molecule has 1 heterocycles. The zero-order valence-electron chi connectivity index (χ0n) is 10.8. The van der Waals surface area contributed by atoms with Gasteiger partial charge in [0.2, 0.25) is 0 Å². The standard InChI is InChI=1S/C14H20N2O/c1-4-10(2)16(3)14(17)12-5-6-13-11(9-12)7-8-15-13/h5-6,9-10,15H,4,7-8H2,1-3H3/t10-/m0/s1. The van der Waals surface area contributed by atoms with Gasteiger partial charge in [-0.25, -0.2) is 0 Å². The van der Waals surface area contributed by atoms with Crippen molar-refractivity contribution < 1.29 is 4.79 Å². The van der Waals surface area contributed by atoms with Crippen LogP contribution in [0, 0.1) is 0 Å². The van der Waals surface area contributed by atoms with Gasteiger partial charge in [-0.1, -0.05) is 6.92 Å². The van der Waals surface area contributed by atoms with E-state index in [9.17, 15) is 4.79 Å². The van der Waals surface area contributed by atoms with E-state index in [2.05, 4.69) is 19.2 Å². The van der Waals surface area contributed by atoms with Crippen molar-refractivity contribution in [2.45, 2.75) is 32.7 Å². The average Bonchev–Trinajstić information content (AvgIpc) is 2.83. The van der Waals surface area contributed by atoms with Crippen LogP contribution in [0.3, 0.4) is 0 Å². The number of rotatable bonds is 3. The van der Waals surface area contributed by atoms with Crippen LogP contribution in [0.4, 0.5) is 5.69 Å². The maximum atomic E-state index is 12.3. The molecule has 1 aliphatic rings. The minimum Gasteiger partial charge on any atom is -0.384 e. The van der Waals surface area contributed by atoms with Crippen LogP contribution in [0.5, 0.6) is 0 Å². The van der Waals surface area contributed by atoms with Gasteiger partial charge in [-0.05, 0) is 43.5 Å². The molecule has 1 aromatic rings. The van der Waals surface area contributed by atoms with E-state index in [4.69, 9.17) is 0 Å². The van der Waals surface area contributed by atoms with Crippen LogP contribution in [-0.2, 0) is 6.42 Å². The van der Waals surface area contributed by atoms with Crippen LogP contribution in [0.2, 0.25) is 0 Å². The summed E-state index contributed by atoms with van der Waals surface area (Å²) in [5, 5.41) is 3.30. The molecular weight excluding hydrogens is 212 g/mol. The lowest BCUT2D eigenvalue weighted by Crippen LogP contribution is -2.34. The number of nitrogens with one attached hydrogen (secondary N) is 1. The highest BCUT2D eigenvalue weighted by atomic mass is 16.2. The number of carbonyl (C=O) groups excluding carboxylic acids is 1. The first-order valence-corrected chi connectivity index (χ1v) is 6.27. The minimum atomic E-state index is 0.119. The van der Waals surface area contributed by atoms with Crippen LogP contribution >= 0.6 is 0 Å². The summed E-state index contributed by atoms with van der Waals surface area (Å²) in [7, 11) is 1.88. The zero-order chi connectivity index (χ0) is 12.4. The Morgan fingerprint density at radius 1 is 1.53 bits per heavy atom. The maximum absolute atomic E-state index is 12.3. The van der Waals surface area contributed by atoms with Gasteiger partial charge in [0.1, 0.15) is 0 Å². The summed E-state index contributed by atoms with van der Waals surface area (Å²) in [5.41, 5.74) is 3.23. The highest BCUT2D eigenvalue weighted by Gasteiger charge is 2.18. The highest BCUT2D eigenvalue weighted by Crippen LogP contribution is 2.23. The molecule has 0 spiro atoms. The van der Waals surface area contributed by atoms with Gasteiger partial charge in [-0.3, -0.25) is 4.79 Å². The molecule has 0 aliphatic carbocycles. The third-order valence-electron chi connectivity index (χ3n) is 3.63. The van der Waals surface area contributed by atoms with Gasteiger partial charge in [-0.15, -0.1) is 0 Å². The third-order valence-corrected chi connectivity index (χ3v) is 3.63. The molecule has 0 saturated carbocycles. The van der Waals surface area contributed by atoms with Crippen molar-refractivity contribution in [1.82, 2.24) is 4.90 Å². The molecule has 1 amide bonds. The first-order chi connectivity index (χ1) is 8.13. The van der Waals surface area contributed by atoms with E-state index in [-0.39, 0.29) is 11.9 Å². The minimum absolute atomic E-state index is 0.119. The average molecular weight is 232 g/mol. The molecule has 0 unspecified atom stereocenters. The van der Waals surface area contributed by atoms with Crippen LogP contribution < -0.4 is 5.32 Å². The second-order valence-corrected chi connectivity index (χ2v) is 4.72. The Kier molecular flexibility index (Phi) is 3.36. The second kappa shape index (κ2) is 4.78. The summed E-state index contributed by atoms with van der Waals surface area (Å²) >= 11 is 0. The molecule has 17 heavy (non-hydrogen) atoms. The van der Waals surface area contributed by atoms with E-state index in [1.165, 1.54) is 11.3 Å². The highest BCUT2D eigenvalue weighted by molar-refractivity contribution is 5.95. The number of hydrogen-bond acceptors (Lipinski definition) is 2. The van der Waals surface area contributed by atoms with Crippen molar-refractivity contribution >= 4 is 11.6 Å². The summed E-state index contributed by atoms with van der Waals surface area (Å²) in [5.74, 6) is 0.119. The van der Waals surface area contributed by atoms with Gasteiger partial charge in [0, 0.05) is 30.9 Å². The van der Waals surface area contributed by atoms with Gasteiger partial charge >= 0.3 is 0 Å². The lowest BCUT2D eigenvalue weighted by Gasteiger charge is -2.24. The molecule has 3 nitrogen and oxygen atoms in total. The predicted octanol–water partition coefficient (Wildman–Crippen LogP) is 2.53. The van der Waals surface area contributed by atoms with Crippen molar-refractivity contribution in [1.29, 1.82) is 0 Å². The summed E-state index contributed by atoms with van der Waals surface area (Å²) in [6.45, 7) is 5.15. The molecule has 1 aliphatic heterocycles. The van der Waals surface area contributed by atoms with Crippen molar-refractivity contribution in [3.8, 4) is 0 Å². The molecule has 0 aromatic heterocycles. The molecule has 3 heteroatoms. The molecule has 2 rings (SSSR count). The van der Waals surface area contributed by atoms with E-state index in [0.717, 1.165) is 24.9 Å². The third kappa shape index (κ3) is 2.28. The van der Waals surface area contributed by atoms with E-state index in [1.807, 2.05) is 30.1 Å². The van der Waals surface area contributed by atoms with Crippen molar-refractivity contribution in [2.24, 2.45) is 0 Å². The Morgan fingerprint density at radius 3 is 3.00 bits per heavy atom. The summed E-state index contributed by atoms with van der Waals surface area (Å²) in [4.78, 5) is 14.1. The van der Waals surface area contributed by atoms with Crippen molar-refractivity contribution in [3.05, 3.63) is 29.3 Å². The lowest BCUT2D eigenvalue weighted by molar-refractivity contribution is 0.0740. The molecule has 1 atom stereocenters. The SMILES string of the molecule is CC[C@H](C)N(C)C(=O)c1ccc2c(c1)CCN2. The number of anilines is 1. The Balaban J connectivity index is 2.20. The van der Waals surface area contributed by atoms with Crippen LogP contribution in [0.1, 0.15) is 36.2 Å². The first kappa shape index (κ1) is 12.0. The van der Waals surface area contributed by atoms with Gasteiger partial charge < -0.3 is 10.2 Å². The molecule has 1 aromatic carbocycles. The number of benzene rings is 1. The van der Waals surface area contributed by atoms with Crippen LogP contribution in [-0.4, -0.2) is 30.4 Å². The smallest absolute Gasteiger partial charge is 0.253 e. The number of hydrogen-bond donors (Lipinski definition) is 1. The molecular formula is C14H20N2O. The first-order valence-electron chi connectivity index (χ1n) is 6.27. The molecule has 0 bridgehead atoms. The number of amides is 1. The van der Waals surface area contributed by atoms with Gasteiger partial charge in [0.25, 0.3) is 5.91 Å². The van der Waals surface area contributed by atoms with Gasteiger partial charge in [-0.2, -0.15) is 0 Å². The topological polar surface area (TPSA) is 32.3 Å². The number of fused-ring (bicyclic) bond motifs is 1. The summed E-state index contributed by atoms with van der Waals surface area (Å²) < 4.78 is 0. The zero-order valence-corrected chi connectivity index (χ0v) is 10.8. The molecule has 1 N–H and O–H groups in total. The van der Waals surface area contributed by atoms with Crippen LogP contribution in [0.15, 0.2) is 18.2 Å². The maximum Gasteiger partial charge on any atom is 0.253 e. The molecule has 0 fully saturated rings. The van der Waals surface area contributed by atoms with E-state index in [1.54, 1.807) is 0 Å². The van der Waals surface area contributed by atoms with Gasteiger partial charge in [0.15, 0.2) is 0 Å². The largest absolute Gasteiger partial charge is 0.384 e. The van der Waals surface area contributed by atoms with Crippen molar-refractivity contribution in [2.75, 3.05) is 18.9 Å². The quantitative estimate of drug-likeness (QED) is 0.868. The predicted molar refractivity (Wildman–Crippen MR) is 70.5 cm³/mol. The molecule has 0 saturated heterocycles. The monoisotopic (exact) mass is 232 g/mol. The fourth-order valence-electron chi connectivity index (χ4n) is 2.12. The summed E-state index contributed by atoms with van der Waals surface area (Å²) in [6.07, 6.45) is 2.00. The Morgan fingerprint density at radius 2 is 2.29 bits per heavy atom. The molecule has 92 valence electrons. The van der Waals surface area contributed by atoms with Gasteiger partial charge in [0.05, 0.1) is 0 Å². The van der Waals surface area contributed by atoms with E-state index < -0.39 is 0 Å². The normalized spacial score (nSPS) is 15.0. The summed E-state index contributed by atoms with van der Waals surface area (Å²) in [6, 6.07) is 6.24. The fourth-order valence-corrected chi connectivity index (χ4v) is 2.12. The van der Waals surface area contributed by atoms with Crippen molar-refractivity contribution in [3.63, 3.8) is 0 Å². The second-order valence-electron chi connectivity index (χ2n) is 4.72. The Hall–Kier alpha value is -1.51. The Bertz CT molecular complexity index is 428. The van der Waals surface area contributed by atoms with Crippen LogP contribution in [0.25, 0.3) is 0 Å².